The molecule has 3 heterocycles. The first-order valence-electron chi connectivity index (χ1n) is 12.1. The van der Waals surface area contributed by atoms with Crippen LogP contribution in [-0.4, -0.2) is 46.3 Å². The fourth-order valence-corrected chi connectivity index (χ4v) is 6.65. The van der Waals surface area contributed by atoms with E-state index in [1.807, 2.05) is 18.2 Å². The van der Waals surface area contributed by atoms with Gasteiger partial charge in [-0.15, -0.1) is 11.3 Å². The molecule has 194 valence electrons. The number of thiazole rings is 1. The number of hydrogen-bond donors (Lipinski definition) is 1. The van der Waals surface area contributed by atoms with Crippen molar-refractivity contribution in [2.75, 3.05) is 20.2 Å². The molecular formula is C27H27Cl2N3O4S. The van der Waals surface area contributed by atoms with E-state index >= 15 is 0 Å². The molecule has 5 rings (SSSR count). The maximum atomic E-state index is 11.5. The number of hydrogen-bond acceptors (Lipinski definition) is 7. The van der Waals surface area contributed by atoms with Gasteiger partial charge in [-0.25, -0.2) is 9.78 Å². The minimum Gasteiger partial charge on any atom is -0.494 e. The van der Waals surface area contributed by atoms with E-state index in [4.69, 9.17) is 37.4 Å². The molecule has 2 aromatic heterocycles. The SMILES string of the molecule is COc1cc(C(=O)O)cc2sc(C3CCN(Cc4c(-c5c(Cl)cccc5Cl)noc4C(C)C)CC3)nc12. The van der Waals surface area contributed by atoms with Crippen LogP contribution in [0.15, 0.2) is 34.9 Å². The van der Waals surface area contributed by atoms with Gasteiger partial charge in [-0.1, -0.05) is 48.3 Å². The van der Waals surface area contributed by atoms with Gasteiger partial charge in [0.1, 0.15) is 22.7 Å². The van der Waals surface area contributed by atoms with Crippen LogP contribution in [0.1, 0.15) is 65.2 Å². The summed E-state index contributed by atoms with van der Waals surface area (Å²) in [6, 6.07) is 8.66. The Morgan fingerprint density at radius 3 is 2.57 bits per heavy atom. The van der Waals surface area contributed by atoms with Gasteiger partial charge in [0, 0.05) is 29.5 Å². The molecule has 0 unspecified atom stereocenters. The van der Waals surface area contributed by atoms with E-state index < -0.39 is 5.97 Å². The Hall–Kier alpha value is -2.65. The lowest BCUT2D eigenvalue weighted by Gasteiger charge is -2.31. The fourth-order valence-electron chi connectivity index (χ4n) is 4.88. The molecule has 37 heavy (non-hydrogen) atoms. The van der Waals surface area contributed by atoms with Gasteiger partial charge in [0.25, 0.3) is 0 Å². The van der Waals surface area contributed by atoms with Crippen molar-refractivity contribution in [3.8, 4) is 17.0 Å². The van der Waals surface area contributed by atoms with Crippen molar-refractivity contribution in [1.29, 1.82) is 0 Å². The van der Waals surface area contributed by atoms with Crippen LogP contribution < -0.4 is 4.74 Å². The van der Waals surface area contributed by atoms with Crippen LogP contribution in [0.5, 0.6) is 5.75 Å². The molecule has 1 N–H and O–H groups in total. The summed E-state index contributed by atoms with van der Waals surface area (Å²) in [4.78, 5) is 18.8. The smallest absolute Gasteiger partial charge is 0.335 e. The third kappa shape index (κ3) is 5.08. The summed E-state index contributed by atoms with van der Waals surface area (Å²) >= 11 is 14.6. The number of carboxylic acids is 1. The van der Waals surface area contributed by atoms with Crippen LogP contribution in [0.4, 0.5) is 0 Å². The minimum absolute atomic E-state index is 0.170. The summed E-state index contributed by atoms with van der Waals surface area (Å²) in [5.74, 6) is 0.838. The average Bonchev–Trinajstić information content (AvgIpc) is 3.48. The molecule has 0 amide bonds. The monoisotopic (exact) mass is 559 g/mol. The van der Waals surface area contributed by atoms with E-state index in [1.165, 1.54) is 13.2 Å². The molecule has 0 spiro atoms. The molecular weight excluding hydrogens is 533 g/mol. The van der Waals surface area contributed by atoms with Crippen LogP contribution >= 0.6 is 34.5 Å². The molecule has 1 aliphatic rings. The van der Waals surface area contributed by atoms with Crippen molar-refractivity contribution in [2.45, 2.75) is 45.1 Å². The molecule has 0 aliphatic carbocycles. The molecule has 0 bridgehead atoms. The number of likely N-dealkylation sites (tertiary alicyclic amines) is 1. The number of carbonyl (C=O) groups is 1. The number of aromatic nitrogens is 2. The van der Waals surface area contributed by atoms with Crippen molar-refractivity contribution in [1.82, 2.24) is 15.0 Å². The number of benzene rings is 2. The van der Waals surface area contributed by atoms with Gasteiger partial charge >= 0.3 is 5.97 Å². The van der Waals surface area contributed by atoms with Crippen molar-refractivity contribution in [3.63, 3.8) is 0 Å². The summed E-state index contributed by atoms with van der Waals surface area (Å²) in [5, 5.41) is 15.9. The number of aromatic carboxylic acids is 1. The quantitative estimate of drug-likeness (QED) is 0.251. The highest BCUT2D eigenvalue weighted by Gasteiger charge is 2.29. The highest BCUT2D eigenvalue weighted by atomic mass is 35.5. The Bertz CT molecular complexity index is 1440. The standard InChI is InChI=1S/C27H27Cl2N3O4S/c1-14(2)25-17(23(31-36-25)22-18(28)5-4-6-19(22)29)13-32-9-7-15(8-10-32)26-30-24-20(35-3)11-16(27(33)34)12-21(24)37-26/h4-6,11-12,14-15H,7-10,13H2,1-3H3,(H,33,34). The third-order valence-corrected chi connectivity index (χ3v) is 8.60. The lowest BCUT2D eigenvalue weighted by Crippen LogP contribution is -2.32. The maximum Gasteiger partial charge on any atom is 0.335 e. The lowest BCUT2D eigenvalue weighted by molar-refractivity contribution is 0.0696. The molecule has 4 aromatic rings. The van der Waals surface area contributed by atoms with E-state index in [1.54, 1.807) is 17.4 Å². The number of fused-ring (bicyclic) bond motifs is 1. The first-order valence-corrected chi connectivity index (χ1v) is 13.7. The normalized spacial score (nSPS) is 15.1. The van der Waals surface area contributed by atoms with Crippen LogP contribution in [-0.2, 0) is 6.54 Å². The molecule has 0 radical (unpaired) electrons. The molecule has 0 atom stereocenters. The number of rotatable bonds is 7. The van der Waals surface area contributed by atoms with Crippen molar-refractivity contribution >= 4 is 50.7 Å². The number of methoxy groups -OCH3 is 1. The Kier molecular flexibility index (Phi) is 7.45. The van der Waals surface area contributed by atoms with Crippen molar-refractivity contribution < 1.29 is 19.2 Å². The van der Waals surface area contributed by atoms with Crippen molar-refractivity contribution in [2.24, 2.45) is 0 Å². The second-order valence-electron chi connectivity index (χ2n) is 9.56. The zero-order valence-electron chi connectivity index (χ0n) is 20.8. The summed E-state index contributed by atoms with van der Waals surface area (Å²) in [5.41, 5.74) is 3.36. The van der Waals surface area contributed by atoms with Crippen molar-refractivity contribution in [3.05, 3.63) is 62.3 Å². The lowest BCUT2D eigenvalue weighted by atomic mass is 9.95. The highest BCUT2D eigenvalue weighted by Crippen LogP contribution is 2.41. The highest BCUT2D eigenvalue weighted by molar-refractivity contribution is 7.18. The minimum atomic E-state index is -0.976. The Balaban J connectivity index is 1.36. The molecule has 2 aromatic carbocycles. The molecule has 0 saturated carbocycles. The summed E-state index contributed by atoms with van der Waals surface area (Å²) in [6.07, 6.45) is 1.89. The summed E-state index contributed by atoms with van der Waals surface area (Å²) < 4.78 is 12.0. The molecule has 1 fully saturated rings. The molecule has 1 saturated heterocycles. The van der Waals surface area contributed by atoms with E-state index in [2.05, 4.69) is 23.9 Å². The second-order valence-corrected chi connectivity index (χ2v) is 11.4. The van der Waals surface area contributed by atoms with Crippen LogP contribution in [0.3, 0.4) is 0 Å². The van der Waals surface area contributed by atoms with Gasteiger partial charge < -0.3 is 14.4 Å². The van der Waals surface area contributed by atoms with Crippen LogP contribution in [0.2, 0.25) is 10.0 Å². The number of halogens is 2. The zero-order valence-corrected chi connectivity index (χ0v) is 23.1. The number of piperidine rings is 1. The van der Waals surface area contributed by atoms with E-state index in [9.17, 15) is 9.90 Å². The third-order valence-electron chi connectivity index (χ3n) is 6.80. The molecule has 1 aliphatic heterocycles. The summed E-state index contributed by atoms with van der Waals surface area (Å²) in [6.45, 7) is 6.64. The van der Waals surface area contributed by atoms with E-state index in [-0.39, 0.29) is 11.5 Å². The summed E-state index contributed by atoms with van der Waals surface area (Å²) in [7, 11) is 1.54. The predicted octanol–water partition coefficient (Wildman–Crippen LogP) is 7.47. The van der Waals surface area contributed by atoms with Crippen LogP contribution in [0.25, 0.3) is 21.5 Å². The largest absolute Gasteiger partial charge is 0.494 e. The number of ether oxygens (including phenoxy) is 1. The maximum absolute atomic E-state index is 11.5. The second kappa shape index (κ2) is 10.6. The van der Waals surface area contributed by atoms with Gasteiger partial charge in [0.05, 0.1) is 32.4 Å². The van der Waals surface area contributed by atoms with Gasteiger partial charge in [-0.05, 0) is 50.2 Å². The topological polar surface area (TPSA) is 88.7 Å². The Labute approximate surface area is 228 Å². The fraction of sp³-hybridized carbons (Fsp3) is 0.370. The van der Waals surface area contributed by atoms with Gasteiger partial charge in [0.15, 0.2) is 0 Å². The first kappa shape index (κ1) is 26.0. The van der Waals surface area contributed by atoms with Gasteiger partial charge in [0.2, 0.25) is 0 Å². The van der Waals surface area contributed by atoms with E-state index in [0.717, 1.165) is 52.5 Å². The Morgan fingerprint density at radius 2 is 1.95 bits per heavy atom. The first-order chi connectivity index (χ1) is 17.8. The van der Waals surface area contributed by atoms with E-state index in [0.29, 0.717) is 39.5 Å². The number of carboxylic acid groups (broad SMARTS) is 1. The zero-order chi connectivity index (χ0) is 26.3. The Morgan fingerprint density at radius 1 is 1.24 bits per heavy atom. The van der Waals surface area contributed by atoms with Gasteiger partial charge in [-0.3, -0.25) is 4.90 Å². The molecule has 7 nitrogen and oxygen atoms in total. The number of nitrogens with zero attached hydrogens (tertiary/aromatic N) is 3. The van der Waals surface area contributed by atoms with Gasteiger partial charge in [-0.2, -0.15) is 0 Å². The van der Waals surface area contributed by atoms with Crippen LogP contribution in [0, 0.1) is 0 Å². The molecule has 10 heteroatoms. The average molecular weight is 561 g/mol. The predicted molar refractivity (Wildman–Crippen MR) is 146 cm³/mol.